The molecular formula is C18H16ClFN4O2. The van der Waals surface area contributed by atoms with Gasteiger partial charge in [0.15, 0.2) is 0 Å². The first kappa shape index (κ1) is 16.8. The molecule has 26 heavy (non-hydrogen) atoms. The lowest BCUT2D eigenvalue weighted by Gasteiger charge is -2.17. The number of hydrogen-bond acceptors (Lipinski definition) is 6. The van der Waals surface area contributed by atoms with Crippen LogP contribution in [0.2, 0.25) is 5.02 Å². The fraction of sp³-hybridized carbons (Fsp3) is 0.222. The van der Waals surface area contributed by atoms with E-state index in [-0.39, 0.29) is 11.9 Å². The predicted molar refractivity (Wildman–Crippen MR) is 98.5 cm³/mol. The summed E-state index contributed by atoms with van der Waals surface area (Å²) >= 11 is 6.33. The van der Waals surface area contributed by atoms with Gasteiger partial charge in [-0.05, 0) is 24.3 Å². The molecule has 0 bridgehead atoms. The second kappa shape index (κ2) is 6.93. The van der Waals surface area contributed by atoms with E-state index in [0.717, 1.165) is 6.42 Å². The second-order valence-corrected chi connectivity index (χ2v) is 6.40. The standard InChI is InChI=1S/C18H16ClFN4O2/c19-13-6-11(21)7-15-17(13)18(23-9-22-15)24-14-2-1-10(20)5-16(14)26-12-3-4-25-8-12/h1-2,5-7,9,12H,3-4,8,21H2,(H,22,23,24). The van der Waals surface area contributed by atoms with Crippen molar-refractivity contribution in [2.24, 2.45) is 0 Å². The van der Waals surface area contributed by atoms with Gasteiger partial charge in [-0.3, -0.25) is 0 Å². The molecule has 3 aromatic rings. The average Bonchev–Trinajstić information content (AvgIpc) is 3.10. The highest BCUT2D eigenvalue weighted by molar-refractivity contribution is 6.36. The summed E-state index contributed by atoms with van der Waals surface area (Å²) in [5.41, 5.74) is 7.52. The third-order valence-corrected chi connectivity index (χ3v) is 4.39. The summed E-state index contributed by atoms with van der Waals surface area (Å²) in [6, 6.07) is 7.63. The van der Waals surface area contributed by atoms with Crippen LogP contribution in [0.3, 0.4) is 0 Å². The van der Waals surface area contributed by atoms with Crippen LogP contribution in [0.4, 0.5) is 21.6 Å². The van der Waals surface area contributed by atoms with Crippen molar-refractivity contribution in [2.45, 2.75) is 12.5 Å². The van der Waals surface area contributed by atoms with Gasteiger partial charge in [-0.15, -0.1) is 0 Å². The molecule has 6 nitrogen and oxygen atoms in total. The van der Waals surface area contributed by atoms with Crippen LogP contribution >= 0.6 is 11.6 Å². The molecule has 1 aliphatic heterocycles. The molecule has 1 atom stereocenters. The molecule has 0 spiro atoms. The van der Waals surface area contributed by atoms with Crippen molar-refractivity contribution in [2.75, 3.05) is 24.3 Å². The third kappa shape index (κ3) is 3.36. The first-order chi connectivity index (χ1) is 12.6. The Morgan fingerprint density at radius 1 is 1.27 bits per heavy atom. The maximum absolute atomic E-state index is 13.7. The van der Waals surface area contributed by atoms with Gasteiger partial charge >= 0.3 is 0 Å². The lowest BCUT2D eigenvalue weighted by Crippen LogP contribution is -2.16. The SMILES string of the molecule is Nc1cc(Cl)c2c(Nc3ccc(F)cc3OC3CCOC3)ncnc2c1. The van der Waals surface area contributed by atoms with Crippen LogP contribution in [0.5, 0.6) is 5.75 Å². The van der Waals surface area contributed by atoms with Crippen LogP contribution in [-0.4, -0.2) is 29.3 Å². The molecule has 3 N–H and O–H groups in total. The van der Waals surface area contributed by atoms with E-state index in [2.05, 4.69) is 15.3 Å². The largest absolute Gasteiger partial charge is 0.486 e. The lowest BCUT2D eigenvalue weighted by molar-refractivity contribution is 0.141. The van der Waals surface area contributed by atoms with E-state index < -0.39 is 0 Å². The van der Waals surface area contributed by atoms with Crippen LogP contribution in [0, 0.1) is 5.82 Å². The minimum atomic E-state index is -0.386. The van der Waals surface area contributed by atoms with E-state index in [1.165, 1.54) is 18.5 Å². The molecule has 2 aromatic carbocycles. The molecule has 4 rings (SSSR count). The van der Waals surface area contributed by atoms with Crippen LogP contribution in [0.25, 0.3) is 10.9 Å². The van der Waals surface area contributed by atoms with Crippen molar-refractivity contribution in [1.29, 1.82) is 0 Å². The first-order valence-electron chi connectivity index (χ1n) is 8.11. The Morgan fingerprint density at radius 2 is 2.15 bits per heavy atom. The number of ether oxygens (including phenoxy) is 2. The number of nitrogen functional groups attached to an aromatic ring is 1. The number of aromatic nitrogens is 2. The maximum atomic E-state index is 13.7. The highest BCUT2D eigenvalue weighted by Gasteiger charge is 2.20. The molecule has 8 heteroatoms. The van der Waals surface area contributed by atoms with Gasteiger partial charge in [0, 0.05) is 18.2 Å². The smallest absolute Gasteiger partial charge is 0.146 e. The molecule has 134 valence electrons. The third-order valence-electron chi connectivity index (χ3n) is 4.09. The lowest BCUT2D eigenvalue weighted by atomic mass is 10.2. The predicted octanol–water partition coefficient (Wildman–Crippen LogP) is 3.92. The van der Waals surface area contributed by atoms with Gasteiger partial charge in [0.2, 0.25) is 0 Å². The number of benzene rings is 2. The van der Waals surface area contributed by atoms with Crippen molar-refractivity contribution in [3.8, 4) is 5.75 Å². The molecule has 0 aliphatic carbocycles. The summed E-state index contributed by atoms with van der Waals surface area (Å²) in [5.74, 6) is 0.487. The van der Waals surface area contributed by atoms with Gasteiger partial charge in [0.1, 0.15) is 29.8 Å². The van der Waals surface area contributed by atoms with E-state index in [9.17, 15) is 4.39 Å². The Morgan fingerprint density at radius 3 is 2.96 bits per heavy atom. The number of anilines is 3. The minimum Gasteiger partial charge on any atom is -0.486 e. The normalized spacial score (nSPS) is 16.8. The molecular weight excluding hydrogens is 359 g/mol. The number of nitrogens with zero attached hydrogens (tertiary/aromatic N) is 2. The van der Waals surface area contributed by atoms with Crippen molar-refractivity contribution in [3.63, 3.8) is 0 Å². The van der Waals surface area contributed by atoms with E-state index in [0.29, 0.717) is 52.1 Å². The van der Waals surface area contributed by atoms with Crippen molar-refractivity contribution >= 4 is 39.7 Å². The van der Waals surface area contributed by atoms with Crippen LogP contribution < -0.4 is 15.8 Å². The summed E-state index contributed by atoms with van der Waals surface area (Å²) in [5, 5.41) is 4.22. The van der Waals surface area contributed by atoms with Gasteiger partial charge in [-0.25, -0.2) is 14.4 Å². The fourth-order valence-electron chi connectivity index (χ4n) is 2.87. The molecule has 1 unspecified atom stereocenters. The van der Waals surface area contributed by atoms with Crippen molar-refractivity contribution < 1.29 is 13.9 Å². The Kier molecular flexibility index (Phi) is 4.48. The number of hydrogen-bond donors (Lipinski definition) is 2. The van der Waals surface area contributed by atoms with E-state index >= 15 is 0 Å². The Balaban J connectivity index is 1.72. The van der Waals surface area contributed by atoms with Crippen LogP contribution in [-0.2, 0) is 4.74 Å². The van der Waals surface area contributed by atoms with E-state index in [1.807, 2.05) is 0 Å². The molecule has 0 amide bonds. The highest BCUT2D eigenvalue weighted by atomic mass is 35.5. The molecule has 2 heterocycles. The van der Waals surface area contributed by atoms with Gasteiger partial charge in [0.05, 0.1) is 34.8 Å². The molecule has 0 radical (unpaired) electrons. The minimum absolute atomic E-state index is 0.108. The van der Waals surface area contributed by atoms with Gasteiger partial charge in [0.25, 0.3) is 0 Å². The zero-order valence-corrected chi connectivity index (χ0v) is 14.5. The summed E-state index contributed by atoms with van der Waals surface area (Å²) in [7, 11) is 0. The number of fused-ring (bicyclic) bond motifs is 1. The molecule has 0 saturated carbocycles. The first-order valence-corrected chi connectivity index (χ1v) is 8.48. The monoisotopic (exact) mass is 374 g/mol. The van der Waals surface area contributed by atoms with Crippen molar-refractivity contribution in [3.05, 3.63) is 47.5 Å². The number of rotatable bonds is 4. The zero-order chi connectivity index (χ0) is 18.1. The summed E-state index contributed by atoms with van der Waals surface area (Å²) in [6.07, 6.45) is 2.06. The van der Waals surface area contributed by atoms with Gasteiger partial charge in [-0.1, -0.05) is 11.6 Å². The summed E-state index contributed by atoms with van der Waals surface area (Å²) < 4.78 is 24.9. The topological polar surface area (TPSA) is 82.3 Å². The second-order valence-electron chi connectivity index (χ2n) is 5.99. The molecule has 1 saturated heterocycles. The van der Waals surface area contributed by atoms with E-state index in [1.54, 1.807) is 18.2 Å². The number of halogens is 2. The van der Waals surface area contributed by atoms with E-state index in [4.69, 9.17) is 26.8 Å². The maximum Gasteiger partial charge on any atom is 0.146 e. The molecule has 1 aliphatic rings. The Labute approximate surface area is 154 Å². The highest BCUT2D eigenvalue weighted by Crippen LogP contribution is 2.35. The molecule has 1 fully saturated rings. The Hall–Kier alpha value is -2.64. The van der Waals surface area contributed by atoms with Gasteiger partial charge in [-0.2, -0.15) is 0 Å². The zero-order valence-electron chi connectivity index (χ0n) is 13.7. The quantitative estimate of drug-likeness (QED) is 0.673. The fourth-order valence-corrected chi connectivity index (χ4v) is 3.18. The average molecular weight is 375 g/mol. The summed E-state index contributed by atoms with van der Waals surface area (Å²) in [6.45, 7) is 1.12. The Bertz CT molecular complexity index is 963. The number of nitrogens with two attached hydrogens (primary N) is 1. The van der Waals surface area contributed by atoms with Crippen LogP contribution in [0.1, 0.15) is 6.42 Å². The number of nitrogens with one attached hydrogen (secondary N) is 1. The van der Waals surface area contributed by atoms with Gasteiger partial charge < -0.3 is 20.5 Å². The molecule has 1 aromatic heterocycles. The summed E-state index contributed by atoms with van der Waals surface area (Å²) in [4.78, 5) is 8.47. The van der Waals surface area contributed by atoms with Crippen molar-refractivity contribution in [1.82, 2.24) is 9.97 Å². The van der Waals surface area contributed by atoms with Crippen LogP contribution in [0.15, 0.2) is 36.7 Å².